The summed E-state index contributed by atoms with van der Waals surface area (Å²) in [7, 11) is 0. The highest BCUT2D eigenvalue weighted by Gasteiger charge is 2.40. The van der Waals surface area contributed by atoms with E-state index >= 15 is 0 Å². The number of hydrogen-bond donors (Lipinski definition) is 1. The predicted octanol–water partition coefficient (Wildman–Crippen LogP) is 3.86. The van der Waals surface area contributed by atoms with Gasteiger partial charge in [-0.15, -0.1) is 0 Å². The Kier molecular flexibility index (Phi) is 6.09. The number of carbonyl (C=O) groups excluding carboxylic acids is 1. The van der Waals surface area contributed by atoms with Crippen molar-refractivity contribution in [3.05, 3.63) is 0 Å². The fourth-order valence-corrected chi connectivity index (χ4v) is 4.04. The van der Waals surface area contributed by atoms with E-state index in [0.717, 1.165) is 6.42 Å². The second-order valence-corrected chi connectivity index (χ2v) is 7.41. The highest BCUT2D eigenvalue weighted by molar-refractivity contribution is 5.83. The van der Waals surface area contributed by atoms with Gasteiger partial charge in [0, 0.05) is 18.6 Å². The van der Waals surface area contributed by atoms with Crippen LogP contribution in [-0.4, -0.2) is 29.4 Å². The summed E-state index contributed by atoms with van der Waals surface area (Å²) in [6.07, 6.45) is 13.5. The van der Waals surface area contributed by atoms with Gasteiger partial charge < -0.3 is 10.6 Å². The van der Waals surface area contributed by atoms with Gasteiger partial charge in [-0.1, -0.05) is 45.4 Å². The fraction of sp³-hybridized carbons (Fsp3) is 0.944. The molecule has 0 aromatic heterocycles. The molecule has 2 aliphatic carbocycles. The molecule has 122 valence electrons. The molecule has 21 heavy (non-hydrogen) atoms. The third-order valence-electron chi connectivity index (χ3n) is 5.92. The minimum Gasteiger partial charge on any atom is -0.336 e. The van der Waals surface area contributed by atoms with Crippen LogP contribution in [0, 0.1) is 5.41 Å². The molecule has 1 unspecified atom stereocenters. The quantitative estimate of drug-likeness (QED) is 0.837. The molecule has 3 nitrogen and oxygen atoms in total. The summed E-state index contributed by atoms with van der Waals surface area (Å²) in [6, 6.07) is 0.957. The van der Waals surface area contributed by atoms with Gasteiger partial charge in [0.25, 0.3) is 0 Å². The smallest absolute Gasteiger partial charge is 0.230 e. The second kappa shape index (κ2) is 7.62. The van der Waals surface area contributed by atoms with Crippen LogP contribution in [-0.2, 0) is 4.79 Å². The van der Waals surface area contributed by atoms with E-state index in [2.05, 4.69) is 18.7 Å². The summed E-state index contributed by atoms with van der Waals surface area (Å²) in [6.45, 7) is 4.64. The highest BCUT2D eigenvalue weighted by atomic mass is 16.2. The lowest BCUT2D eigenvalue weighted by Gasteiger charge is -2.45. The maximum Gasteiger partial charge on any atom is 0.230 e. The minimum atomic E-state index is -0.366. The first kappa shape index (κ1) is 16.8. The summed E-state index contributed by atoms with van der Waals surface area (Å²) in [5, 5.41) is 0. The fourth-order valence-electron chi connectivity index (χ4n) is 4.04. The average molecular weight is 294 g/mol. The lowest BCUT2D eigenvalue weighted by Crippen LogP contribution is -2.55. The molecule has 0 aromatic carbocycles. The molecule has 1 amide bonds. The van der Waals surface area contributed by atoms with Gasteiger partial charge in [0.1, 0.15) is 0 Å². The van der Waals surface area contributed by atoms with Crippen LogP contribution in [0.3, 0.4) is 0 Å². The van der Waals surface area contributed by atoms with Crippen LogP contribution in [0.25, 0.3) is 0 Å². The Morgan fingerprint density at radius 1 is 1.00 bits per heavy atom. The van der Waals surface area contributed by atoms with Crippen molar-refractivity contribution in [2.75, 3.05) is 6.54 Å². The summed E-state index contributed by atoms with van der Waals surface area (Å²) >= 11 is 0. The van der Waals surface area contributed by atoms with Crippen LogP contribution >= 0.6 is 0 Å². The highest BCUT2D eigenvalue weighted by Crippen LogP contribution is 2.34. The molecule has 1 atom stereocenters. The van der Waals surface area contributed by atoms with Crippen molar-refractivity contribution in [1.29, 1.82) is 0 Å². The number of nitrogens with two attached hydrogens (primary N) is 1. The molecular weight excluding hydrogens is 260 g/mol. The molecule has 3 heteroatoms. The van der Waals surface area contributed by atoms with Crippen LogP contribution in [0.2, 0.25) is 0 Å². The number of hydrogen-bond acceptors (Lipinski definition) is 2. The van der Waals surface area contributed by atoms with E-state index in [1.807, 2.05) is 0 Å². The third-order valence-corrected chi connectivity index (χ3v) is 5.92. The lowest BCUT2D eigenvalue weighted by atomic mass is 9.81. The minimum absolute atomic E-state index is 0.339. The number of rotatable bonds is 5. The summed E-state index contributed by atoms with van der Waals surface area (Å²) in [4.78, 5) is 15.6. The SMILES string of the molecule is CCC(C)(CN)C(=O)N(C1CCCCC1)C1CCCCC1. The molecule has 2 N–H and O–H groups in total. The Morgan fingerprint density at radius 2 is 1.43 bits per heavy atom. The predicted molar refractivity (Wildman–Crippen MR) is 88.0 cm³/mol. The molecule has 2 aliphatic rings. The van der Waals surface area contributed by atoms with Crippen molar-refractivity contribution in [3.8, 4) is 0 Å². The van der Waals surface area contributed by atoms with E-state index in [1.54, 1.807) is 0 Å². The average Bonchev–Trinajstić information content (AvgIpc) is 2.56. The van der Waals surface area contributed by atoms with Gasteiger partial charge in [-0.3, -0.25) is 4.79 Å². The molecule has 0 radical (unpaired) electrons. The maximum absolute atomic E-state index is 13.3. The topological polar surface area (TPSA) is 46.3 Å². The number of nitrogens with zero attached hydrogens (tertiary/aromatic N) is 1. The van der Waals surface area contributed by atoms with Crippen molar-refractivity contribution in [3.63, 3.8) is 0 Å². The molecule has 0 aliphatic heterocycles. The second-order valence-electron chi connectivity index (χ2n) is 7.41. The van der Waals surface area contributed by atoms with Gasteiger partial charge in [0.2, 0.25) is 5.91 Å². The normalized spacial score (nSPS) is 24.5. The first-order chi connectivity index (χ1) is 10.1. The Bertz CT molecular complexity index is 308. The Morgan fingerprint density at radius 3 is 1.76 bits per heavy atom. The van der Waals surface area contributed by atoms with Crippen molar-refractivity contribution < 1.29 is 4.79 Å². The Balaban J connectivity index is 2.19. The zero-order valence-electron chi connectivity index (χ0n) is 14.1. The summed E-state index contributed by atoms with van der Waals surface area (Å²) in [5.74, 6) is 0.339. The zero-order valence-corrected chi connectivity index (χ0v) is 14.1. The summed E-state index contributed by atoms with van der Waals surface area (Å²) < 4.78 is 0. The van der Waals surface area contributed by atoms with E-state index in [4.69, 9.17) is 5.73 Å². The molecule has 2 saturated carbocycles. The molecule has 2 rings (SSSR count). The maximum atomic E-state index is 13.3. The van der Waals surface area contributed by atoms with Gasteiger partial charge in [-0.05, 0) is 39.0 Å². The molecule has 0 aromatic rings. The van der Waals surface area contributed by atoms with E-state index in [1.165, 1.54) is 64.2 Å². The van der Waals surface area contributed by atoms with Crippen LogP contribution in [0.1, 0.15) is 84.5 Å². The molecular formula is C18H34N2O. The van der Waals surface area contributed by atoms with E-state index in [9.17, 15) is 4.79 Å². The van der Waals surface area contributed by atoms with Crippen LogP contribution in [0.15, 0.2) is 0 Å². The largest absolute Gasteiger partial charge is 0.336 e. The van der Waals surface area contributed by atoms with E-state index in [-0.39, 0.29) is 5.41 Å². The van der Waals surface area contributed by atoms with Crippen LogP contribution in [0.4, 0.5) is 0 Å². The van der Waals surface area contributed by atoms with Crippen molar-refractivity contribution in [2.24, 2.45) is 11.1 Å². The van der Waals surface area contributed by atoms with Crippen molar-refractivity contribution in [2.45, 2.75) is 96.6 Å². The van der Waals surface area contributed by atoms with Crippen molar-refractivity contribution in [1.82, 2.24) is 4.90 Å². The molecule has 0 bridgehead atoms. The first-order valence-corrected chi connectivity index (χ1v) is 9.15. The first-order valence-electron chi connectivity index (χ1n) is 9.15. The van der Waals surface area contributed by atoms with Crippen molar-refractivity contribution >= 4 is 5.91 Å². The standard InChI is InChI=1S/C18H34N2O/c1-3-18(2,14-19)17(21)20(15-10-6-4-7-11-15)16-12-8-5-9-13-16/h15-16H,3-14,19H2,1-2H3. The van der Waals surface area contributed by atoms with E-state index < -0.39 is 0 Å². The van der Waals surface area contributed by atoms with Gasteiger partial charge in [-0.2, -0.15) is 0 Å². The molecule has 2 fully saturated rings. The van der Waals surface area contributed by atoms with Gasteiger partial charge in [0.15, 0.2) is 0 Å². The lowest BCUT2D eigenvalue weighted by molar-refractivity contribution is -0.148. The summed E-state index contributed by atoms with van der Waals surface area (Å²) in [5.41, 5.74) is 5.60. The molecule has 0 spiro atoms. The Hall–Kier alpha value is -0.570. The third kappa shape index (κ3) is 3.80. The zero-order chi connectivity index (χ0) is 15.3. The number of amides is 1. The van der Waals surface area contributed by atoms with Gasteiger partial charge >= 0.3 is 0 Å². The molecule has 0 saturated heterocycles. The Labute approximate surface area is 130 Å². The monoisotopic (exact) mass is 294 g/mol. The number of carbonyl (C=O) groups is 1. The van der Waals surface area contributed by atoms with Gasteiger partial charge in [0.05, 0.1) is 5.41 Å². The van der Waals surface area contributed by atoms with Gasteiger partial charge in [-0.25, -0.2) is 0 Å². The molecule has 0 heterocycles. The van der Waals surface area contributed by atoms with E-state index in [0.29, 0.717) is 24.5 Å². The van der Waals surface area contributed by atoms with Crippen LogP contribution in [0.5, 0.6) is 0 Å². The van der Waals surface area contributed by atoms with Crippen LogP contribution < -0.4 is 5.73 Å².